The van der Waals surface area contributed by atoms with Gasteiger partial charge in [0.05, 0.1) is 0 Å². The zero-order valence-electron chi connectivity index (χ0n) is 10.5. The largest absolute Gasteiger partial charge is 0.326 e. The molecule has 1 aromatic carbocycles. The minimum absolute atomic E-state index is 0.239. The zero-order chi connectivity index (χ0) is 13.8. The maximum absolute atomic E-state index is 12.1. The molecule has 1 heterocycles. The fraction of sp³-hybridized carbons (Fsp3) is 0.143. The monoisotopic (exact) mass is 319 g/mol. The van der Waals surface area contributed by atoms with Gasteiger partial charge in [-0.25, -0.2) is 0 Å². The van der Waals surface area contributed by atoms with E-state index in [9.17, 15) is 4.79 Å². The number of benzene rings is 1. The van der Waals surface area contributed by atoms with Crippen LogP contribution in [0.2, 0.25) is 0 Å². The lowest BCUT2D eigenvalue weighted by Gasteiger charge is -2.09. The van der Waals surface area contributed by atoms with Gasteiger partial charge in [0.1, 0.15) is 5.69 Å². The molecule has 98 valence electrons. The molecular formula is C14H14BrN3O. The number of carbonyl (C=O) groups excluding carboxylic acids is 1. The van der Waals surface area contributed by atoms with E-state index in [4.69, 9.17) is 5.73 Å². The SMILES string of the molecule is Cc1ccc(Br)cc1NC(=O)c1cc(CN)ccn1. The van der Waals surface area contributed by atoms with Crippen molar-refractivity contribution in [2.45, 2.75) is 13.5 Å². The number of carbonyl (C=O) groups is 1. The predicted molar refractivity (Wildman–Crippen MR) is 79.0 cm³/mol. The third-order valence-corrected chi connectivity index (χ3v) is 3.23. The Kier molecular flexibility index (Phi) is 4.29. The molecule has 1 amide bonds. The van der Waals surface area contributed by atoms with Gasteiger partial charge in [0.15, 0.2) is 0 Å². The summed E-state index contributed by atoms with van der Waals surface area (Å²) in [6, 6.07) is 9.21. The second kappa shape index (κ2) is 5.95. The van der Waals surface area contributed by atoms with Crippen LogP contribution in [0.4, 0.5) is 5.69 Å². The molecule has 0 aliphatic carbocycles. The van der Waals surface area contributed by atoms with Crippen LogP contribution >= 0.6 is 15.9 Å². The van der Waals surface area contributed by atoms with E-state index in [2.05, 4.69) is 26.2 Å². The Balaban J connectivity index is 2.22. The molecule has 5 heteroatoms. The molecule has 0 saturated carbocycles. The molecular weight excluding hydrogens is 306 g/mol. The Labute approximate surface area is 120 Å². The van der Waals surface area contributed by atoms with Gasteiger partial charge in [0.2, 0.25) is 0 Å². The zero-order valence-corrected chi connectivity index (χ0v) is 12.1. The van der Waals surface area contributed by atoms with Crippen molar-refractivity contribution >= 4 is 27.5 Å². The number of aromatic nitrogens is 1. The minimum atomic E-state index is -0.239. The van der Waals surface area contributed by atoms with Crippen molar-refractivity contribution < 1.29 is 4.79 Å². The summed E-state index contributed by atoms with van der Waals surface area (Å²) in [7, 11) is 0. The van der Waals surface area contributed by atoms with Gasteiger partial charge < -0.3 is 11.1 Å². The van der Waals surface area contributed by atoms with Gasteiger partial charge in [0, 0.05) is 22.9 Å². The van der Waals surface area contributed by atoms with Crippen molar-refractivity contribution in [1.82, 2.24) is 4.98 Å². The third-order valence-electron chi connectivity index (χ3n) is 2.74. The van der Waals surface area contributed by atoms with Crippen molar-refractivity contribution in [1.29, 1.82) is 0 Å². The highest BCUT2D eigenvalue weighted by atomic mass is 79.9. The number of rotatable bonds is 3. The number of halogens is 1. The fourth-order valence-corrected chi connectivity index (χ4v) is 2.00. The summed E-state index contributed by atoms with van der Waals surface area (Å²) in [5.41, 5.74) is 8.55. The van der Waals surface area contributed by atoms with E-state index in [1.165, 1.54) is 0 Å². The van der Waals surface area contributed by atoms with Crippen LogP contribution in [0.5, 0.6) is 0 Å². The number of pyridine rings is 1. The maximum atomic E-state index is 12.1. The van der Waals surface area contributed by atoms with Gasteiger partial charge in [-0.1, -0.05) is 22.0 Å². The first kappa shape index (κ1) is 13.7. The van der Waals surface area contributed by atoms with E-state index in [-0.39, 0.29) is 5.91 Å². The van der Waals surface area contributed by atoms with E-state index in [1.807, 2.05) is 25.1 Å². The normalized spacial score (nSPS) is 10.3. The molecule has 0 bridgehead atoms. The number of nitrogens with two attached hydrogens (primary N) is 1. The third kappa shape index (κ3) is 3.39. The molecule has 0 aliphatic heterocycles. The highest BCUT2D eigenvalue weighted by molar-refractivity contribution is 9.10. The summed E-state index contributed by atoms with van der Waals surface area (Å²) >= 11 is 3.38. The minimum Gasteiger partial charge on any atom is -0.326 e. The second-order valence-corrected chi connectivity index (χ2v) is 5.08. The molecule has 2 rings (SSSR count). The molecule has 0 aliphatic rings. The van der Waals surface area contributed by atoms with Gasteiger partial charge in [-0.05, 0) is 42.3 Å². The molecule has 3 N–H and O–H groups in total. The van der Waals surface area contributed by atoms with Crippen LogP contribution in [0, 0.1) is 6.92 Å². The Morgan fingerprint density at radius 1 is 1.37 bits per heavy atom. The number of amides is 1. The van der Waals surface area contributed by atoms with E-state index < -0.39 is 0 Å². The van der Waals surface area contributed by atoms with Crippen molar-refractivity contribution in [2.24, 2.45) is 5.73 Å². The van der Waals surface area contributed by atoms with Crippen molar-refractivity contribution in [3.8, 4) is 0 Å². The van der Waals surface area contributed by atoms with Gasteiger partial charge in [0.25, 0.3) is 5.91 Å². The summed E-state index contributed by atoms with van der Waals surface area (Å²) < 4.78 is 0.914. The molecule has 2 aromatic rings. The van der Waals surface area contributed by atoms with E-state index >= 15 is 0 Å². The van der Waals surface area contributed by atoms with Crippen LogP contribution in [0.25, 0.3) is 0 Å². The molecule has 1 aromatic heterocycles. The van der Waals surface area contributed by atoms with Crippen molar-refractivity contribution in [3.63, 3.8) is 0 Å². The molecule has 0 atom stereocenters. The van der Waals surface area contributed by atoms with Gasteiger partial charge in [-0.15, -0.1) is 0 Å². The number of nitrogens with zero attached hydrogens (tertiary/aromatic N) is 1. The summed E-state index contributed by atoms with van der Waals surface area (Å²) in [4.78, 5) is 16.2. The lowest BCUT2D eigenvalue weighted by Crippen LogP contribution is -2.15. The molecule has 0 radical (unpaired) electrons. The summed E-state index contributed by atoms with van der Waals surface area (Å²) in [5.74, 6) is -0.239. The number of aryl methyl sites for hydroxylation is 1. The van der Waals surface area contributed by atoms with E-state index in [0.717, 1.165) is 21.3 Å². The van der Waals surface area contributed by atoms with Crippen molar-refractivity contribution in [2.75, 3.05) is 5.32 Å². The smallest absolute Gasteiger partial charge is 0.274 e. The molecule has 0 fully saturated rings. The summed E-state index contributed by atoms with van der Waals surface area (Å²) in [6.45, 7) is 2.32. The average molecular weight is 320 g/mol. The Morgan fingerprint density at radius 3 is 2.89 bits per heavy atom. The first-order valence-electron chi connectivity index (χ1n) is 5.82. The lowest BCUT2D eigenvalue weighted by atomic mass is 10.2. The maximum Gasteiger partial charge on any atom is 0.274 e. The van der Waals surface area contributed by atoms with Gasteiger partial charge in [-0.2, -0.15) is 0 Å². The van der Waals surface area contributed by atoms with E-state index in [0.29, 0.717) is 12.2 Å². The second-order valence-electron chi connectivity index (χ2n) is 4.17. The van der Waals surface area contributed by atoms with Crippen LogP contribution in [0.15, 0.2) is 41.0 Å². The van der Waals surface area contributed by atoms with Gasteiger partial charge in [-0.3, -0.25) is 9.78 Å². The average Bonchev–Trinajstić information content (AvgIpc) is 2.43. The molecule has 0 unspecified atom stereocenters. The van der Waals surface area contributed by atoms with Crippen LogP contribution < -0.4 is 11.1 Å². The highest BCUT2D eigenvalue weighted by Crippen LogP contribution is 2.21. The lowest BCUT2D eigenvalue weighted by molar-refractivity contribution is 0.102. The number of hydrogen-bond donors (Lipinski definition) is 2. The topological polar surface area (TPSA) is 68.0 Å². The van der Waals surface area contributed by atoms with Crippen LogP contribution in [-0.4, -0.2) is 10.9 Å². The first-order valence-corrected chi connectivity index (χ1v) is 6.62. The fourth-order valence-electron chi connectivity index (χ4n) is 1.64. The molecule has 0 spiro atoms. The van der Waals surface area contributed by atoms with E-state index in [1.54, 1.807) is 18.3 Å². The molecule has 0 saturated heterocycles. The number of hydrogen-bond acceptors (Lipinski definition) is 3. The van der Waals surface area contributed by atoms with Crippen molar-refractivity contribution in [3.05, 3.63) is 57.8 Å². The molecule has 4 nitrogen and oxygen atoms in total. The Morgan fingerprint density at radius 2 is 2.16 bits per heavy atom. The van der Waals surface area contributed by atoms with Crippen LogP contribution in [0.1, 0.15) is 21.6 Å². The Bertz CT molecular complexity index is 613. The van der Waals surface area contributed by atoms with Gasteiger partial charge >= 0.3 is 0 Å². The number of anilines is 1. The Hall–Kier alpha value is -1.72. The first-order chi connectivity index (χ1) is 9.10. The predicted octanol–water partition coefficient (Wildman–Crippen LogP) is 2.86. The van der Waals surface area contributed by atoms with Crippen LogP contribution in [-0.2, 0) is 6.54 Å². The summed E-state index contributed by atoms with van der Waals surface area (Å²) in [5, 5.41) is 2.85. The quantitative estimate of drug-likeness (QED) is 0.914. The standard InChI is InChI=1S/C14H14BrN3O/c1-9-2-3-11(15)7-12(9)18-14(19)13-6-10(8-16)4-5-17-13/h2-7H,8,16H2,1H3,(H,18,19). The highest BCUT2D eigenvalue weighted by Gasteiger charge is 2.09. The molecule has 19 heavy (non-hydrogen) atoms. The number of nitrogens with one attached hydrogen (secondary N) is 1. The summed E-state index contributed by atoms with van der Waals surface area (Å²) in [6.07, 6.45) is 1.59. The van der Waals surface area contributed by atoms with Crippen LogP contribution in [0.3, 0.4) is 0 Å².